The van der Waals surface area contributed by atoms with E-state index in [0.717, 1.165) is 23.6 Å². The van der Waals surface area contributed by atoms with Gasteiger partial charge in [-0.1, -0.05) is 31.1 Å². The van der Waals surface area contributed by atoms with Crippen LogP contribution < -0.4 is 5.32 Å². The van der Waals surface area contributed by atoms with E-state index in [2.05, 4.69) is 17.2 Å². The maximum Gasteiger partial charge on any atom is 0.251 e. The van der Waals surface area contributed by atoms with Gasteiger partial charge in [-0.3, -0.25) is 4.79 Å². The molecule has 3 heteroatoms. The van der Waals surface area contributed by atoms with E-state index in [1.165, 1.54) is 50.7 Å². The first-order valence-corrected chi connectivity index (χ1v) is 9.78. The molecule has 2 aromatic carbocycles. The van der Waals surface area contributed by atoms with Crippen LogP contribution in [0.2, 0.25) is 0 Å². The lowest BCUT2D eigenvalue weighted by Gasteiger charge is -2.42. The van der Waals surface area contributed by atoms with Gasteiger partial charge < -0.3 is 5.32 Å². The second-order valence-electron chi connectivity index (χ2n) is 8.02. The van der Waals surface area contributed by atoms with E-state index in [-0.39, 0.29) is 11.7 Å². The summed E-state index contributed by atoms with van der Waals surface area (Å²) in [6, 6.07) is 13.5. The molecule has 2 saturated carbocycles. The van der Waals surface area contributed by atoms with Crippen LogP contribution >= 0.6 is 0 Å². The highest BCUT2D eigenvalue weighted by atomic mass is 19.1. The summed E-state index contributed by atoms with van der Waals surface area (Å²) in [4.78, 5) is 12.5. The van der Waals surface area contributed by atoms with Crippen molar-refractivity contribution in [2.24, 2.45) is 11.3 Å². The molecule has 0 radical (unpaired) electrons. The van der Waals surface area contributed by atoms with Crippen molar-refractivity contribution < 1.29 is 9.18 Å². The van der Waals surface area contributed by atoms with Crippen molar-refractivity contribution in [3.63, 3.8) is 0 Å². The second kappa shape index (κ2) is 7.56. The maximum absolute atomic E-state index is 12.9. The highest BCUT2D eigenvalue weighted by Gasteiger charge is 2.41. The smallest absolute Gasteiger partial charge is 0.251 e. The minimum atomic E-state index is -0.267. The zero-order valence-electron chi connectivity index (χ0n) is 15.4. The zero-order chi connectivity index (χ0) is 18.7. The normalized spacial score (nSPS) is 17.4. The van der Waals surface area contributed by atoms with Gasteiger partial charge in [-0.05, 0) is 79.1 Å². The molecule has 2 aliphatic carbocycles. The van der Waals surface area contributed by atoms with Crippen molar-refractivity contribution >= 4 is 5.91 Å². The fraction of sp³-hybridized carbons (Fsp3) is 0.375. The molecule has 27 heavy (non-hydrogen) atoms. The van der Waals surface area contributed by atoms with Gasteiger partial charge in [-0.2, -0.15) is 0 Å². The van der Waals surface area contributed by atoms with Crippen LogP contribution in [0.1, 0.15) is 60.0 Å². The average molecular weight is 361 g/mol. The Bertz CT molecular complexity index is 865. The predicted octanol–water partition coefficient (Wildman–Crippen LogP) is 4.93. The third kappa shape index (κ3) is 4.57. The molecule has 0 spiro atoms. The van der Waals surface area contributed by atoms with Gasteiger partial charge in [0, 0.05) is 23.2 Å². The number of amides is 1. The number of halogens is 1. The number of carbonyl (C=O) groups excluding carboxylic acids is 1. The highest BCUT2D eigenvalue weighted by molar-refractivity contribution is 5.94. The molecule has 0 bridgehead atoms. The fourth-order valence-electron chi connectivity index (χ4n) is 3.82. The van der Waals surface area contributed by atoms with Gasteiger partial charge in [-0.15, -0.1) is 0 Å². The Balaban J connectivity index is 1.34. The van der Waals surface area contributed by atoms with Crippen LogP contribution in [0.15, 0.2) is 48.5 Å². The van der Waals surface area contributed by atoms with Gasteiger partial charge in [0.15, 0.2) is 0 Å². The summed E-state index contributed by atoms with van der Waals surface area (Å²) in [6.45, 7) is 0.800. The number of hydrogen-bond donors (Lipinski definition) is 1. The number of carbonyl (C=O) groups is 1. The Kier molecular flexibility index (Phi) is 4.99. The Labute approximate surface area is 160 Å². The van der Waals surface area contributed by atoms with Crippen molar-refractivity contribution in [2.45, 2.75) is 38.5 Å². The molecule has 4 rings (SSSR count). The monoisotopic (exact) mass is 361 g/mol. The fourth-order valence-corrected chi connectivity index (χ4v) is 3.82. The van der Waals surface area contributed by atoms with Gasteiger partial charge in [0.2, 0.25) is 0 Å². The first kappa shape index (κ1) is 17.8. The zero-order valence-corrected chi connectivity index (χ0v) is 15.4. The third-order valence-corrected chi connectivity index (χ3v) is 5.80. The molecule has 1 amide bonds. The second-order valence-corrected chi connectivity index (χ2v) is 8.02. The first-order chi connectivity index (χ1) is 13.1. The number of rotatable bonds is 5. The largest absolute Gasteiger partial charge is 0.351 e. The lowest BCUT2D eigenvalue weighted by atomic mass is 9.65. The molecule has 2 aliphatic rings. The van der Waals surface area contributed by atoms with E-state index >= 15 is 0 Å². The Morgan fingerprint density at radius 2 is 1.59 bits per heavy atom. The van der Waals surface area contributed by atoms with Crippen LogP contribution in [0.3, 0.4) is 0 Å². The third-order valence-electron chi connectivity index (χ3n) is 5.80. The van der Waals surface area contributed by atoms with Gasteiger partial charge in [0.1, 0.15) is 5.82 Å². The van der Waals surface area contributed by atoms with E-state index in [0.29, 0.717) is 11.0 Å². The molecular formula is C24H24FNO. The SMILES string of the molecule is O=C(NCC1(CC2CC2)CCC1)c1ccc(C#Cc2ccc(F)cc2)cc1. The first-order valence-electron chi connectivity index (χ1n) is 9.78. The summed E-state index contributed by atoms with van der Waals surface area (Å²) >= 11 is 0. The molecule has 0 aliphatic heterocycles. The molecule has 2 aromatic rings. The van der Waals surface area contributed by atoms with E-state index in [1.807, 2.05) is 24.3 Å². The standard InChI is InChI=1S/C24H24FNO/c25-22-12-8-19(9-13-22)3-2-18-6-10-21(11-7-18)23(27)26-17-24(14-1-15-24)16-20-4-5-20/h6-13,20H,1,4-5,14-17H2,(H,26,27). The van der Waals surface area contributed by atoms with Crippen molar-refractivity contribution in [1.29, 1.82) is 0 Å². The van der Waals surface area contributed by atoms with Crippen molar-refractivity contribution in [1.82, 2.24) is 5.32 Å². The van der Waals surface area contributed by atoms with Gasteiger partial charge in [0.25, 0.3) is 5.91 Å². The van der Waals surface area contributed by atoms with Crippen molar-refractivity contribution in [3.8, 4) is 11.8 Å². The van der Waals surface area contributed by atoms with Gasteiger partial charge >= 0.3 is 0 Å². The quantitative estimate of drug-likeness (QED) is 0.752. The van der Waals surface area contributed by atoms with Crippen molar-refractivity contribution in [2.75, 3.05) is 6.54 Å². The molecule has 2 fully saturated rings. The van der Waals surface area contributed by atoms with E-state index in [1.54, 1.807) is 12.1 Å². The minimum absolute atomic E-state index is 0.00452. The lowest BCUT2D eigenvalue weighted by Crippen LogP contribution is -2.42. The molecule has 0 heterocycles. The average Bonchev–Trinajstić information content (AvgIpc) is 3.47. The maximum atomic E-state index is 12.9. The Morgan fingerprint density at radius 3 is 2.11 bits per heavy atom. The summed E-state index contributed by atoms with van der Waals surface area (Å²) in [7, 11) is 0. The van der Waals surface area contributed by atoms with Crippen LogP contribution in [0.25, 0.3) is 0 Å². The van der Waals surface area contributed by atoms with Gasteiger partial charge in [0.05, 0.1) is 0 Å². The van der Waals surface area contributed by atoms with Crippen LogP contribution in [0.5, 0.6) is 0 Å². The lowest BCUT2D eigenvalue weighted by molar-refractivity contribution is 0.0814. The minimum Gasteiger partial charge on any atom is -0.351 e. The topological polar surface area (TPSA) is 29.1 Å². The molecule has 138 valence electrons. The van der Waals surface area contributed by atoms with Crippen LogP contribution in [0.4, 0.5) is 4.39 Å². The van der Waals surface area contributed by atoms with E-state index in [4.69, 9.17) is 0 Å². The molecule has 1 N–H and O–H groups in total. The summed E-state index contributed by atoms with van der Waals surface area (Å²) in [5.74, 6) is 6.68. The Morgan fingerprint density at radius 1 is 1.00 bits per heavy atom. The van der Waals surface area contributed by atoms with Crippen LogP contribution in [-0.2, 0) is 0 Å². The van der Waals surface area contributed by atoms with Crippen LogP contribution in [0, 0.1) is 29.0 Å². The Hall–Kier alpha value is -2.60. The number of nitrogens with one attached hydrogen (secondary N) is 1. The molecule has 0 aromatic heterocycles. The van der Waals surface area contributed by atoms with E-state index < -0.39 is 0 Å². The summed E-state index contributed by atoms with van der Waals surface area (Å²) < 4.78 is 12.9. The molecule has 0 unspecified atom stereocenters. The number of hydrogen-bond acceptors (Lipinski definition) is 1. The number of benzene rings is 2. The summed E-state index contributed by atoms with van der Waals surface area (Å²) in [5.41, 5.74) is 2.63. The van der Waals surface area contributed by atoms with Crippen LogP contribution in [-0.4, -0.2) is 12.5 Å². The molecule has 0 saturated heterocycles. The summed E-state index contributed by atoms with van der Waals surface area (Å²) in [6.07, 6.45) is 7.82. The highest BCUT2D eigenvalue weighted by Crippen LogP contribution is 2.50. The van der Waals surface area contributed by atoms with Gasteiger partial charge in [-0.25, -0.2) is 4.39 Å². The predicted molar refractivity (Wildman–Crippen MR) is 105 cm³/mol. The summed E-state index contributed by atoms with van der Waals surface area (Å²) in [5, 5.41) is 3.15. The van der Waals surface area contributed by atoms with E-state index in [9.17, 15) is 9.18 Å². The molecule has 0 atom stereocenters. The molecule has 2 nitrogen and oxygen atoms in total. The molecular weight excluding hydrogens is 337 g/mol. The van der Waals surface area contributed by atoms with Crippen molar-refractivity contribution in [3.05, 3.63) is 71.0 Å².